The summed E-state index contributed by atoms with van der Waals surface area (Å²) < 4.78 is 11.5. The number of hydrogen-bond acceptors (Lipinski definition) is 4. The van der Waals surface area contributed by atoms with Crippen LogP contribution in [0.25, 0.3) is 0 Å². The Balaban J connectivity index is 1.66. The highest BCUT2D eigenvalue weighted by molar-refractivity contribution is 5.91. The van der Waals surface area contributed by atoms with Crippen LogP contribution in [0.1, 0.15) is 27.2 Å². The standard InChI is InChI=1S/C21H19NO4/c1-15-6-4-7-16(20(15)21(23)24)13-25-18-9-5-10-19(12-18)26-14-17-8-2-3-11-22-17/h2-12H,13-14H2,1H3,(H,23,24). The Morgan fingerprint density at radius 2 is 1.69 bits per heavy atom. The lowest BCUT2D eigenvalue weighted by Gasteiger charge is -2.12. The zero-order chi connectivity index (χ0) is 18.4. The topological polar surface area (TPSA) is 68.7 Å². The molecule has 1 heterocycles. The average molecular weight is 349 g/mol. The van der Waals surface area contributed by atoms with Crippen LogP contribution in [0.15, 0.2) is 66.9 Å². The summed E-state index contributed by atoms with van der Waals surface area (Å²) in [6.07, 6.45) is 1.72. The van der Waals surface area contributed by atoms with E-state index in [1.807, 2.05) is 42.5 Å². The smallest absolute Gasteiger partial charge is 0.336 e. The molecule has 0 spiro atoms. The molecule has 0 aliphatic rings. The minimum Gasteiger partial charge on any atom is -0.489 e. The first-order valence-corrected chi connectivity index (χ1v) is 8.21. The van der Waals surface area contributed by atoms with Crippen molar-refractivity contribution < 1.29 is 19.4 Å². The van der Waals surface area contributed by atoms with Crippen LogP contribution < -0.4 is 9.47 Å². The third-order valence-electron chi connectivity index (χ3n) is 3.89. The molecule has 3 rings (SSSR count). The number of benzene rings is 2. The molecular weight excluding hydrogens is 330 g/mol. The normalized spacial score (nSPS) is 10.3. The highest BCUT2D eigenvalue weighted by atomic mass is 16.5. The van der Waals surface area contributed by atoms with Gasteiger partial charge in [0.15, 0.2) is 0 Å². The molecule has 1 aromatic heterocycles. The van der Waals surface area contributed by atoms with Crippen LogP contribution in [0.3, 0.4) is 0 Å². The maximum atomic E-state index is 11.4. The van der Waals surface area contributed by atoms with E-state index < -0.39 is 5.97 Å². The Morgan fingerprint density at radius 1 is 0.962 bits per heavy atom. The second-order valence-electron chi connectivity index (χ2n) is 5.79. The van der Waals surface area contributed by atoms with E-state index in [4.69, 9.17) is 9.47 Å². The second-order valence-corrected chi connectivity index (χ2v) is 5.79. The number of aryl methyl sites for hydroxylation is 1. The molecule has 0 fully saturated rings. The third-order valence-corrected chi connectivity index (χ3v) is 3.89. The molecular formula is C21H19NO4. The van der Waals surface area contributed by atoms with Gasteiger partial charge in [0.2, 0.25) is 0 Å². The molecule has 5 nitrogen and oxygen atoms in total. The molecule has 0 radical (unpaired) electrons. The average Bonchev–Trinajstić information content (AvgIpc) is 2.65. The summed E-state index contributed by atoms with van der Waals surface area (Å²) in [5.41, 5.74) is 2.48. The molecule has 0 atom stereocenters. The fourth-order valence-corrected chi connectivity index (χ4v) is 2.61. The fourth-order valence-electron chi connectivity index (χ4n) is 2.61. The van der Waals surface area contributed by atoms with Crippen molar-refractivity contribution in [1.82, 2.24) is 4.98 Å². The SMILES string of the molecule is Cc1cccc(COc2cccc(OCc3ccccn3)c2)c1C(=O)O. The van der Waals surface area contributed by atoms with Crippen molar-refractivity contribution >= 4 is 5.97 Å². The lowest BCUT2D eigenvalue weighted by Crippen LogP contribution is -2.08. The lowest BCUT2D eigenvalue weighted by molar-refractivity contribution is 0.0693. The van der Waals surface area contributed by atoms with Gasteiger partial charge in [0, 0.05) is 17.8 Å². The predicted molar refractivity (Wildman–Crippen MR) is 97.5 cm³/mol. The summed E-state index contributed by atoms with van der Waals surface area (Å²) in [5, 5.41) is 9.38. The summed E-state index contributed by atoms with van der Waals surface area (Å²) in [6.45, 7) is 2.32. The van der Waals surface area contributed by atoms with Gasteiger partial charge >= 0.3 is 5.97 Å². The molecule has 26 heavy (non-hydrogen) atoms. The first-order chi connectivity index (χ1) is 12.6. The maximum absolute atomic E-state index is 11.4. The largest absolute Gasteiger partial charge is 0.489 e. The molecule has 5 heteroatoms. The van der Waals surface area contributed by atoms with Gasteiger partial charge in [-0.05, 0) is 36.8 Å². The third kappa shape index (κ3) is 4.39. The Morgan fingerprint density at radius 3 is 2.38 bits per heavy atom. The number of ether oxygens (including phenoxy) is 2. The molecule has 0 aliphatic heterocycles. The van der Waals surface area contributed by atoms with E-state index in [-0.39, 0.29) is 12.2 Å². The number of pyridine rings is 1. The van der Waals surface area contributed by atoms with Crippen molar-refractivity contribution in [2.75, 3.05) is 0 Å². The van der Waals surface area contributed by atoms with Crippen LogP contribution in [0.2, 0.25) is 0 Å². The lowest BCUT2D eigenvalue weighted by atomic mass is 10.0. The molecule has 0 amide bonds. The summed E-state index contributed by atoms with van der Waals surface area (Å²) in [5.74, 6) is 0.325. The number of carboxylic acid groups (broad SMARTS) is 1. The Bertz CT molecular complexity index is 894. The van der Waals surface area contributed by atoms with Gasteiger partial charge in [-0.3, -0.25) is 4.98 Å². The van der Waals surface area contributed by atoms with Gasteiger partial charge in [-0.15, -0.1) is 0 Å². The quantitative estimate of drug-likeness (QED) is 0.691. The fraction of sp³-hybridized carbons (Fsp3) is 0.143. The number of hydrogen-bond donors (Lipinski definition) is 1. The summed E-state index contributed by atoms with van der Waals surface area (Å²) >= 11 is 0. The van der Waals surface area contributed by atoms with E-state index in [9.17, 15) is 9.90 Å². The molecule has 0 bridgehead atoms. The van der Waals surface area contributed by atoms with Gasteiger partial charge in [-0.2, -0.15) is 0 Å². The van der Waals surface area contributed by atoms with Crippen LogP contribution in [0, 0.1) is 6.92 Å². The molecule has 3 aromatic rings. The van der Waals surface area contributed by atoms with Crippen molar-refractivity contribution in [3.8, 4) is 11.5 Å². The van der Waals surface area contributed by atoms with Crippen molar-refractivity contribution in [1.29, 1.82) is 0 Å². The number of rotatable bonds is 7. The summed E-state index contributed by atoms with van der Waals surface area (Å²) in [7, 11) is 0. The first-order valence-electron chi connectivity index (χ1n) is 8.21. The number of carboxylic acids is 1. The van der Waals surface area contributed by atoms with E-state index in [0.717, 1.165) is 5.69 Å². The van der Waals surface area contributed by atoms with Crippen LogP contribution in [-0.2, 0) is 13.2 Å². The summed E-state index contributed by atoms with van der Waals surface area (Å²) in [6, 6.07) is 18.3. The van der Waals surface area contributed by atoms with E-state index in [1.54, 1.807) is 31.3 Å². The zero-order valence-corrected chi connectivity index (χ0v) is 14.4. The van der Waals surface area contributed by atoms with Crippen LogP contribution in [0.5, 0.6) is 11.5 Å². The Labute approximate surface area is 151 Å². The minimum absolute atomic E-state index is 0.174. The molecule has 0 aliphatic carbocycles. The van der Waals surface area contributed by atoms with Crippen molar-refractivity contribution in [3.05, 3.63) is 89.2 Å². The van der Waals surface area contributed by atoms with Gasteiger partial charge in [0.25, 0.3) is 0 Å². The number of aromatic carboxylic acids is 1. The van der Waals surface area contributed by atoms with Crippen LogP contribution in [-0.4, -0.2) is 16.1 Å². The zero-order valence-electron chi connectivity index (χ0n) is 14.4. The van der Waals surface area contributed by atoms with Crippen LogP contribution >= 0.6 is 0 Å². The Hall–Kier alpha value is -3.34. The molecule has 0 unspecified atom stereocenters. The molecule has 2 aromatic carbocycles. The number of aromatic nitrogens is 1. The molecule has 132 valence electrons. The van der Waals surface area contributed by atoms with Crippen LogP contribution in [0.4, 0.5) is 0 Å². The Kier molecular flexibility index (Phi) is 5.49. The molecule has 1 N–H and O–H groups in total. The predicted octanol–water partition coefficient (Wildman–Crippen LogP) is 4.25. The monoisotopic (exact) mass is 349 g/mol. The highest BCUT2D eigenvalue weighted by Gasteiger charge is 2.13. The minimum atomic E-state index is -0.950. The molecule has 0 saturated heterocycles. The van der Waals surface area contributed by atoms with Crippen molar-refractivity contribution in [2.45, 2.75) is 20.1 Å². The number of nitrogens with zero attached hydrogens (tertiary/aromatic N) is 1. The van der Waals surface area contributed by atoms with Gasteiger partial charge in [-0.25, -0.2) is 4.79 Å². The van der Waals surface area contributed by atoms with E-state index in [1.165, 1.54) is 0 Å². The first kappa shape index (κ1) is 17.5. The number of carbonyl (C=O) groups is 1. The van der Waals surface area contributed by atoms with Gasteiger partial charge in [-0.1, -0.05) is 30.3 Å². The highest BCUT2D eigenvalue weighted by Crippen LogP contribution is 2.22. The van der Waals surface area contributed by atoms with Crippen molar-refractivity contribution in [3.63, 3.8) is 0 Å². The van der Waals surface area contributed by atoms with E-state index >= 15 is 0 Å². The van der Waals surface area contributed by atoms with E-state index in [0.29, 0.717) is 29.2 Å². The molecule has 0 saturated carbocycles. The maximum Gasteiger partial charge on any atom is 0.336 e. The second kappa shape index (κ2) is 8.16. The van der Waals surface area contributed by atoms with Gasteiger partial charge in [0.05, 0.1) is 11.3 Å². The van der Waals surface area contributed by atoms with Gasteiger partial charge in [0.1, 0.15) is 24.7 Å². The summed E-state index contributed by atoms with van der Waals surface area (Å²) in [4.78, 5) is 15.7. The van der Waals surface area contributed by atoms with Crippen molar-refractivity contribution in [2.24, 2.45) is 0 Å². The van der Waals surface area contributed by atoms with E-state index in [2.05, 4.69) is 4.98 Å². The van der Waals surface area contributed by atoms with Gasteiger partial charge < -0.3 is 14.6 Å².